The van der Waals surface area contributed by atoms with Gasteiger partial charge in [-0.25, -0.2) is 9.99 Å². The molecule has 0 saturated carbocycles. The molecule has 1 N–H and O–H groups in total. The molecule has 1 amide bonds. The molecule has 0 saturated heterocycles. The number of aryl methyl sites for hydroxylation is 1. The number of nitrogens with zero attached hydrogens (tertiary/aromatic N) is 5. The fourth-order valence-corrected chi connectivity index (χ4v) is 2.50. The van der Waals surface area contributed by atoms with Crippen LogP contribution in [0.3, 0.4) is 0 Å². The summed E-state index contributed by atoms with van der Waals surface area (Å²) >= 11 is 0. The van der Waals surface area contributed by atoms with Crippen LogP contribution in [-0.2, 0) is 11.8 Å². The Bertz CT molecular complexity index is 890. The number of H-pyrrole nitrogens is 1. The van der Waals surface area contributed by atoms with E-state index in [1.807, 2.05) is 37.5 Å². The number of anilines is 1. The molecule has 2 aromatic heterocycles. The number of hydrogen-bond acceptors (Lipinski definition) is 4. The van der Waals surface area contributed by atoms with E-state index in [0.29, 0.717) is 18.7 Å². The Morgan fingerprint density at radius 2 is 2.18 bits per heavy atom. The highest BCUT2D eigenvalue weighted by atomic mass is 16.2. The van der Waals surface area contributed by atoms with Crippen molar-refractivity contribution in [3.63, 3.8) is 0 Å². The van der Waals surface area contributed by atoms with Gasteiger partial charge in [-0.3, -0.25) is 9.48 Å². The minimum atomic E-state index is 0.00585. The fraction of sp³-hybridized carbons (Fsp3) is 0.200. The molecule has 110 valence electrons. The molecule has 0 radical (unpaired) electrons. The number of benzene rings is 1. The summed E-state index contributed by atoms with van der Waals surface area (Å²) < 4.78 is 1.73. The first kappa shape index (κ1) is 12.8. The van der Waals surface area contributed by atoms with Crippen LogP contribution in [0.1, 0.15) is 12.8 Å². The molecule has 0 fully saturated rings. The number of amides is 1. The zero-order valence-corrected chi connectivity index (χ0v) is 12.0. The normalized spacial score (nSPS) is 15.0. The second-order valence-corrected chi connectivity index (χ2v) is 5.20. The fourth-order valence-electron chi connectivity index (χ4n) is 2.50. The Labute approximate surface area is 126 Å². The minimum absolute atomic E-state index is 0.00585. The SMILES string of the molecule is Cn1ccc(-c2nc3ccc(N4N=CCCC4=O)cc3[nH]2)n1. The van der Waals surface area contributed by atoms with Crippen molar-refractivity contribution >= 4 is 28.8 Å². The number of hydrogen-bond donors (Lipinski definition) is 1. The van der Waals surface area contributed by atoms with Gasteiger partial charge in [0.15, 0.2) is 5.82 Å². The number of carbonyl (C=O) groups is 1. The third kappa shape index (κ3) is 2.07. The van der Waals surface area contributed by atoms with Gasteiger partial charge in [-0.05, 0) is 30.7 Å². The van der Waals surface area contributed by atoms with Crippen molar-refractivity contribution in [3.8, 4) is 11.5 Å². The lowest BCUT2D eigenvalue weighted by Gasteiger charge is -2.19. The maximum atomic E-state index is 11.9. The average molecular weight is 294 g/mol. The van der Waals surface area contributed by atoms with Gasteiger partial charge in [0.25, 0.3) is 0 Å². The standard InChI is InChI=1S/C15H14N6O/c1-20-8-6-12(19-20)15-17-11-5-4-10(9-13(11)18-15)21-14(22)3-2-7-16-21/h4-9H,2-3H2,1H3,(H,17,18). The molecule has 7 heteroatoms. The Morgan fingerprint density at radius 1 is 1.27 bits per heavy atom. The zero-order chi connectivity index (χ0) is 15.1. The molecule has 1 aromatic carbocycles. The van der Waals surface area contributed by atoms with E-state index < -0.39 is 0 Å². The van der Waals surface area contributed by atoms with Crippen LogP contribution in [0.15, 0.2) is 35.6 Å². The number of fused-ring (bicyclic) bond motifs is 1. The number of carbonyl (C=O) groups excluding carboxylic acids is 1. The third-order valence-electron chi connectivity index (χ3n) is 3.59. The summed E-state index contributed by atoms with van der Waals surface area (Å²) in [5.74, 6) is 0.715. The number of rotatable bonds is 2. The molecular weight excluding hydrogens is 280 g/mol. The van der Waals surface area contributed by atoms with E-state index >= 15 is 0 Å². The van der Waals surface area contributed by atoms with Crippen LogP contribution in [-0.4, -0.2) is 31.9 Å². The van der Waals surface area contributed by atoms with Gasteiger partial charge >= 0.3 is 0 Å². The lowest BCUT2D eigenvalue weighted by molar-refractivity contribution is -0.118. The Morgan fingerprint density at radius 3 is 2.95 bits per heavy atom. The number of nitrogens with one attached hydrogen (secondary N) is 1. The van der Waals surface area contributed by atoms with Crippen molar-refractivity contribution in [3.05, 3.63) is 30.5 Å². The van der Waals surface area contributed by atoms with E-state index in [4.69, 9.17) is 0 Å². The zero-order valence-electron chi connectivity index (χ0n) is 12.0. The molecule has 0 aliphatic carbocycles. The number of aromatic nitrogens is 4. The highest BCUT2D eigenvalue weighted by molar-refractivity contribution is 5.98. The topological polar surface area (TPSA) is 79.2 Å². The molecule has 0 bridgehead atoms. The molecule has 22 heavy (non-hydrogen) atoms. The predicted molar refractivity (Wildman–Crippen MR) is 83.5 cm³/mol. The van der Waals surface area contributed by atoms with Crippen LogP contribution < -0.4 is 5.01 Å². The second-order valence-electron chi connectivity index (χ2n) is 5.20. The van der Waals surface area contributed by atoms with Crippen molar-refractivity contribution in [2.24, 2.45) is 12.1 Å². The van der Waals surface area contributed by atoms with E-state index in [1.54, 1.807) is 10.9 Å². The van der Waals surface area contributed by atoms with Gasteiger partial charge in [-0.2, -0.15) is 10.2 Å². The summed E-state index contributed by atoms with van der Waals surface area (Å²) in [4.78, 5) is 19.7. The summed E-state index contributed by atoms with van der Waals surface area (Å²) in [5, 5.41) is 9.93. The molecule has 3 aromatic rings. The van der Waals surface area contributed by atoms with E-state index in [1.165, 1.54) is 5.01 Å². The second kappa shape index (κ2) is 4.80. The summed E-state index contributed by atoms with van der Waals surface area (Å²) in [6.45, 7) is 0. The summed E-state index contributed by atoms with van der Waals surface area (Å²) in [6.07, 6.45) is 4.82. The van der Waals surface area contributed by atoms with Gasteiger partial charge < -0.3 is 4.98 Å². The van der Waals surface area contributed by atoms with Crippen LogP contribution in [0.5, 0.6) is 0 Å². The number of imidazole rings is 1. The summed E-state index contributed by atoms with van der Waals surface area (Å²) in [5.41, 5.74) is 3.21. The highest BCUT2D eigenvalue weighted by Crippen LogP contribution is 2.25. The van der Waals surface area contributed by atoms with Gasteiger partial charge in [0.2, 0.25) is 5.91 Å². The first-order chi connectivity index (χ1) is 10.7. The molecule has 0 atom stereocenters. The Hall–Kier alpha value is -2.96. The van der Waals surface area contributed by atoms with Crippen LogP contribution >= 0.6 is 0 Å². The van der Waals surface area contributed by atoms with E-state index in [0.717, 1.165) is 22.4 Å². The molecule has 3 heterocycles. The molecule has 1 aliphatic heterocycles. The van der Waals surface area contributed by atoms with E-state index in [9.17, 15) is 4.79 Å². The smallest absolute Gasteiger partial charge is 0.247 e. The van der Waals surface area contributed by atoms with Crippen molar-refractivity contribution in [2.75, 3.05) is 5.01 Å². The van der Waals surface area contributed by atoms with Gasteiger partial charge in [-0.15, -0.1) is 0 Å². The minimum Gasteiger partial charge on any atom is -0.337 e. The van der Waals surface area contributed by atoms with Crippen LogP contribution in [0.4, 0.5) is 5.69 Å². The van der Waals surface area contributed by atoms with E-state index in [2.05, 4.69) is 20.2 Å². The first-order valence-electron chi connectivity index (χ1n) is 7.06. The van der Waals surface area contributed by atoms with Crippen LogP contribution in [0.2, 0.25) is 0 Å². The van der Waals surface area contributed by atoms with E-state index in [-0.39, 0.29) is 5.91 Å². The molecule has 0 unspecified atom stereocenters. The number of aromatic amines is 1. The molecule has 4 rings (SSSR count). The molecule has 0 spiro atoms. The lowest BCUT2D eigenvalue weighted by atomic mass is 10.2. The quantitative estimate of drug-likeness (QED) is 0.786. The van der Waals surface area contributed by atoms with Gasteiger partial charge in [0.1, 0.15) is 5.69 Å². The maximum absolute atomic E-state index is 11.9. The van der Waals surface area contributed by atoms with Gasteiger partial charge in [0.05, 0.1) is 16.7 Å². The van der Waals surface area contributed by atoms with Gasteiger partial charge in [0, 0.05) is 25.9 Å². The maximum Gasteiger partial charge on any atom is 0.247 e. The first-order valence-corrected chi connectivity index (χ1v) is 7.06. The van der Waals surface area contributed by atoms with Crippen molar-refractivity contribution in [1.82, 2.24) is 19.7 Å². The molecular formula is C15H14N6O. The summed E-state index contributed by atoms with van der Waals surface area (Å²) in [6, 6.07) is 7.52. The van der Waals surface area contributed by atoms with Crippen molar-refractivity contribution in [1.29, 1.82) is 0 Å². The Kier molecular flexibility index (Phi) is 2.78. The Balaban J connectivity index is 1.76. The molecule has 1 aliphatic rings. The largest absolute Gasteiger partial charge is 0.337 e. The van der Waals surface area contributed by atoms with Crippen LogP contribution in [0, 0.1) is 0 Å². The monoisotopic (exact) mass is 294 g/mol. The highest BCUT2D eigenvalue weighted by Gasteiger charge is 2.18. The predicted octanol–water partition coefficient (Wildman–Crippen LogP) is 2.08. The van der Waals surface area contributed by atoms with Crippen molar-refractivity contribution < 1.29 is 4.79 Å². The lowest BCUT2D eigenvalue weighted by Crippen LogP contribution is -2.28. The van der Waals surface area contributed by atoms with Gasteiger partial charge in [-0.1, -0.05) is 0 Å². The van der Waals surface area contributed by atoms with Crippen molar-refractivity contribution in [2.45, 2.75) is 12.8 Å². The van der Waals surface area contributed by atoms with Crippen LogP contribution in [0.25, 0.3) is 22.6 Å². The third-order valence-corrected chi connectivity index (χ3v) is 3.59. The number of hydrazone groups is 1. The molecule has 7 nitrogen and oxygen atoms in total. The summed E-state index contributed by atoms with van der Waals surface area (Å²) in [7, 11) is 1.87. The average Bonchev–Trinajstić information content (AvgIpc) is 3.12.